The Labute approximate surface area is 896 Å². The van der Waals surface area contributed by atoms with E-state index in [4.69, 9.17) is 14.2 Å². The molecule has 0 saturated carbocycles. The highest BCUT2D eigenvalue weighted by atomic mass is 32.2. The van der Waals surface area contributed by atoms with E-state index < -0.39 is 26.6 Å². The van der Waals surface area contributed by atoms with Crippen molar-refractivity contribution in [2.45, 2.75) is 413 Å². The van der Waals surface area contributed by atoms with E-state index in [1.165, 1.54) is 49.6 Å². The number of allylic oxidation sites excluding steroid dienone is 9. The van der Waals surface area contributed by atoms with Crippen LogP contribution in [0.15, 0.2) is 158 Å². The lowest BCUT2D eigenvalue weighted by atomic mass is 9.79. The Bertz CT molecular complexity index is 4240. The summed E-state index contributed by atoms with van der Waals surface area (Å²) < 4.78 is 37.1. The summed E-state index contributed by atoms with van der Waals surface area (Å²) in [6.45, 7) is 104. The quantitative estimate of drug-likeness (QED) is 0.0262. The molecular weight excluding hydrogens is 1850 g/mol. The molecule has 3 aliphatic rings. The minimum absolute atomic E-state index is 0.0330. The molecule has 0 aromatic carbocycles. The number of Topliss-reactive ketones (excluding diaryl/α,β-unsaturated/α-hetero) is 3. The molecule has 0 bridgehead atoms. The number of carbonyl (C=O) groups is 11. The first-order chi connectivity index (χ1) is 65.5. The molecule has 2 N–H and O–H groups in total. The number of sulfone groups is 1. The van der Waals surface area contributed by atoms with Gasteiger partial charge in [0.1, 0.15) is 16.8 Å². The average molecular weight is 2070 g/mol. The second-order valence-corrected chi connectivity index (χ2v) is 53.6. The van der Waals surface area contributed by atoms with Crippen molar-refractivity contribution in [3.05, 3.63) is 158 Å². The van der Waals surface area contributed by atoms with Gasteiger partial charge >= 0.3 is 17.9 Å². The van der Waals surface area contributed by atoms with Gasteiger partial charge in [0.05, 0.1) is 5.25 Å². The summed E-state index contributed by atoms with van der Waals surface area (Å²) in [6, 6.07) is 0. The zero-order chi connectivity index (χ0) is 117. The van der Waals surface area contributed by atoms with Crippen LogP contribution >= 0.6 is 0 Å². The predicted octanol–water partition coefficient (Wildman–Crippen LogP) is 26.8. The highest BCUT2D eigenvalue weighted by molar-refractivity contribution is 7.94. The van der Waals surface area contributed by atoms with Crippen molar-refractivity contribution in [1.29, 1.82) is 0 Å². The number of carbonyl (C=O) groups excluding carboxylic acids is 11. The number of esters is 3. The first-order valence-corrected chi connectivity index (χ1v) is 53.7. The molecule has 0 fully saturated rings. The molecule has 0 saturated heterocycles. The third kappa shape index (κ3) is 97.6. The lowest BCUT2D eigenvalue weighted by Crippen LogP contribution is -2.40. The van der Waals surface area contributed by atoms with Gasteiger partial charge in [0.2, 0.25) is 17.7 Å². The molecule has 0 aliphatic heterocycles. The number of hydrogen-bond donors (Lipinski definition) is 2. The normalized spacial score (nSPS) is 13.6. The molecule has 3 aliphatic carbocycles. The maximum absolute atomic E-state index is 12.0. The minimum atomic E-state index is -2.97. The van der Waals surface area contributed by atoms with Crippen molar-refractivity contribution < 1.29 is 75.4 Å². The number of likely N-dealkylation sites (N-methyl/N-ethyl adjacent to an activating group) is 4. The van der Waals surface area contributed by atoms with E-state index in [2.05, 4.69) is 186 Å². The molecule has 3 rings (SSSR count). The average Bonchev–Trinajstić information content (AvgIpc) is 1.27. The molecule has 0 spiro atoms. The second-order valence-electron chi connectivity index (χ2n) is 51.2. The van der Waals surface area contributed by atoms with Gasteiger partial charge in [0.25, 0.3) is 0 Å². The van der Waals surface area contributed by atoms with E-state index in [0.717, 1.165) is 132 Å². The SMILES string of the molecule is C/C=C/C(=O)OC(C)(C)C(C)(C)C.C=CC(=O)C(C)C.C=CC(=O)NC(C)(C)C.C=CC(=O)OC(C)(C)C(C)(C)C.C=CCN(CC(C)(C)C)C(=O)/C=C/CN(C)C.C=CS(=O)(=O)C(C)C.CC(C)(C)CCC(=O)C1=CCC1.CC(C)(C)CCC(=O)C1=CCCC1.CC(C)(C)CCC(=O)C1=CCCCC1.CN(C)C/C=C/C(=O)C(C)(C)C.CN(C)C/C=C/C(=O)NC(C)(C)C.CN(C)C/C=C/C(=O)OC(C)(C)C(C)(C)C. The summed E-state index contributed by atoms with van der Waals surface area (Å²) in [4.78, 5) is 134. The number of ether oxygens (including phenoxy) is 3. The Morgan fingerprint density at radius 2 is 0.699 bits per heavy atom. The Hall–Kier alpha value is -8.42. The fourth-order valence-corrected chi connectivity index (χ4v) is 10.4. The Kier molecular flexibility index (Phi) is 80.1. The van der Waals surface area contributed by atoms with E-state index in [1.54, 1.807) is 57.2 Å². The summed E-state index contributed by atoms with van der Waals surface area (Å²) in [5, 5.41) is 6.21. The van der Waals surface area contributed by atoms with Crippen molar-refractivity contribution in [3.63, 3.8) is 0 Å². The van der Waals surface area contributed by atoms with Crippen molar-refractivity contribution in [3.8, 4) is 0 Å². The summed E-state index contributed by atoms with van der Waals surface area (Å²) in [5.74, 6) is 0.530. The molecule has 146 heavy (non-hydrogen) atoms. The largest absolute Gasteiger partial charge is 0.456 e. The van der Waals surface area contributed by atoms with Gasteiger partial charge in [-0.15, -0.1) is 6.58 Å². The monoisotopic (exact) mass is 2070 g/mol. The van der Waals surface area contributed by atoms with Gasteiger partial charge in [-0.1, -0.05) is 261 Å². The predicted molar refractivity (Wildman–Crippen MR) is 623 cm³/mol. The van der Waals surface area contributed by atoms with Crippen LogP contribution in [0.3, 0.4) is 0 Å². The molecule has 0 aromatic rings. The van der Waals surface area contributed by atoms with Crippen LogP contribution in [0.4, 0.5) is 0 Å². The summed E-state index contributed by atoms with van der Waals surface area (Å²) in [7, 11) is 12.8. The van der Waals surface area contributed by atoms with Crippen LogP contribution in [0.2, 0.25) is 0 Å². The molecule has 0 unspecified atom stereocenters. The first kappa shape index (κ1) is 155. The molecule has 0 aromatic heterocycles. The van der Waals surface area contributed by atoms with Crippen molar-refractivity contribution in [2.75, 3.05) is 95.6 Å². The molecule has 0 heterocycles. The van der Waals surface area contributed by atoms with Crippen LogP contribution in [0.5, 0.6) is 0 Å². The van der Waals surface area contributed by atoms with Crippen molar-refractivity contribution in [1.82, 2.24) is 35.1 Å². The van der Waals surface area contributed by atoms with Crippen molar-refractivity contribution >= 4 is 74.4 Å². The number of nitrogens with zero attached hydrogens (tertiary/aromatic N) is 5. The van der Waals surface area contributed by atoms with Gasteiger partial charge < -0.3 is 49.3 Å². The zero-order valence-electron chi connectivity index (χ0n) is 103. The highest BCUT2D eigenvalue weighted by Crippen LogP contribution is 2.36. The van der Waals surface area contributed by atoms with Gasteiger partial charge in [-0.25, -0.2) is 22.8 Å². The van der Waals surface area contributed by atoms with Crippen LogP contribution < -0.4 is 10.6 Å². The molecule has 0 radical (unpaired) electrons. The van der Waals surface area contributed by atoms with Gasteiger partial charge in [-0.05, 0) is 294 Å². The lowest BCUT2D eigenvalue weighted by Gasteiger charge is -2.37. The van der Waals surface area contributed by atoms with Gasteiger partial charge in [-0.3, -0.25) is 38.4 Å². The van der Waals surface area contributed by atoms with Crippen LogP contribution in [-0.2, 0) is 76.8 Å². The van der Waals surface area contributed by atoms with E-state index in [0.29, 0.717) is 29.3 Å². The maximum Gasteiger partial charge on any atom is 0.331 e. The topological polar surface area (TPSA) is 290 Å². The van der Waals surface area contributed by atoms with E-state index >= 15 is 0 Å². The maximum atomic E-state index is 12.0. The molecular formula is C122H221N7O16S. The van der Waals surface area contributed by atoms with Crippen LogP contribution in [0.1, 0.15) is 380 Å². The molecule has 23 nitrogen and oxygen atoms in total. The van der Waals surface area contributed by atoms with E-state index in [-0.39, 0.29) is 107 Å². The first-order valence-electron chi connectivity index (χ1n) is 52.1. The third-order valence-corrected chi connectivity index (χ3v) is 24.1. The zero-order valence-corrected chi connectivity index (χ0v) is 103. The number of hydrogen-bond acceptors (Lipinski definition) is 20. The molecule has 846 valence electrons. The highest BCUT2D eigenvalue weighted by Gasteiger charge is 2.39. The number of nitrogens with one attached hydrogen (secondary N) is 2. The smallest absolute Gasteiger partial charge is 0.331 e. The number of ketones is 5. The second kappa shape index (κ2) is 75.3. The summed E-state index contributed by atoms with van der Waals surface area (Å²) in [5.41, 5.74) is 2.12. The summed E-state index contributed by atoms with van der Waals surface area (Å²) in [6.07, 6.45) is 44.1. The van der Waals surface area contributed by atoms with Gasteiger partial charge in [-0.2, -0.15) is 0 Å². The van der Waals surface area contributed by atoms with Crippen LogP contribution in [0.25, 0.3) is 0 Å². The fraction of sp³-hybridized carbons (Fsp3) is 0.697. The number of amides is 3. The fourth-order valence-electron chi connectivity index (χ4n) is 10.0. The number of rotatable bonds is 34. The van der Waals surface area contributed by atoms with Gasteiger partial charge in [0, 0.05) is 133 Å². The van der Waals surface area contributed by atoms with Crippen LogP contribution in [-0.4, -0.2) is 226 Å². The standard InChI is InChI=1S/C14H26N2O.C13H25NO2.C13H22O.C12H20O.C11H20O2.C11H18O.C10H20N2O.C10H19NO.C10H18O2.C7H13NO.C6H10O.C5H10O2S/c1-7-10-16(12-14(2,3)4)13(17)9-8-11-15(5)6;1-12(2,3)13(4,5)16-11(15)9-8-10-14(6)7;1-13(2,3)10-9-12(14)11-7-5-4-6-8-11;1-12(2,3)9-8-11(13)10-6-4-5-7-10;1-7-8-9(12)13-11(5,6)10(2,3)4;1-11(2,3)8-7-10(12)9-5-4-6-9;1-10(2,3)11-9(13)7-6-8-12(4)5;1-10(2,3)9(12)7-6-8-11(4)5;1-7-8(11)12-10(5,6)9(2,3)4;1-5-6(9)8-7(2,3)4;1-4-6(7)5(2)3;1-4-8(6,7)5(2)3/h7-9H,1,10-12H2,2-6H3;8-9H,10H2,1-7H3;7H,4-6,8-10H2,1-3H3;6H,4-5,7-9H2,1-3H3;7-8H,1-6H3;5H,4,6-8H2,1-3H3;6-7H,8H2,1-5H3,(H,11,13);6-7H,8H2,1-5H3;7H,1H2,2-6H3;5H,1H2,2-4H3,(H,8,9);4-5H,1H2,2-3H3;4-5H,1H2,2-3H3/b2*9-8+;;;8-7+;;2*7-6+;;;;. The van der Waals surface area contributed by atoms with Crippen LogP contribution in [0, 0.1) is 49.2 Å². The molecule has 0 atom stereocenters. The van der Waals surface area contributed by atoms with E-state index in [9.17, 15) is 61.2 Å². The molecule has 24 heteroatoms. The Morgan fingerprint density at radius 1 is 0.377 bits per heavy atom. The Morgan fingerprint density at radius 3 is 0.932 bits per heavy atom. The van der Waals surface area contributed by atoms with Gasteiger partial charge in [0.15, 0.2) is 38.8 Å². The molecule has 3 amide bonds. The van der Waals surface area contributed by atoms with E-state index in [1.807, 2.05) is 238 Å². The third-order valence-electron chi connectivity index (χ3n) is 22.3. The Balaban J connectivity index is -0.000000202. The summed E-state index contributed by atoms with van der Waals surface area (Å²) >= 11 is 0. The lowest BCUT2D eigenvalue weighted by molar-refractivity contribution is -0.161. The van der Waals surface area contributed by atoms with Crippen molar-refractivity contribution in [2.24, 2.45) is 49.2 Å². The minimum Gasteiger partial charge on any atom is -0.456 e.